The Bertz CT molecular complexity index is 948. The first-order chi connectivity index (χ1) is 16.1. The summed E-state index contributed by atoms with van der Waals surface area (Å²) in [5, 5.41) is 0. The van der Waals surface area contributed by atoms with E-state index >= 15 is 8.78 Å². The molecule has 2 heteroatoms. The van der Waals surface area contributed by atoms with Gasteiger partial charge in [0.05, 0.1) is 0 Å². The van der Waals surface area contributed by atoms with Crippen LogP contribution in [-0.2, 0) is 6.42 Å². The summed E-state index contributed by atoms with van der Waals surface area (Å²) in [5.41, 5.74) is 2.82. The zero-order valence-electron chi connectivity index (χ0n) is 20.0. The summed E-state index contributed by atoms with van der Waals surface area (Å²) in [4.78, 5) is 0. The van der Waals surface area contributed by atoms with Crippen molar-refractivity contribution in [3.8, 4) is 11.1 Å². The average molecular weight is 449 g/mol. The summed E-state index contributed by atoms with van der Waals surface area (Å²) >= 11 is 0. The van der Waals surface area contributed by atoms with Crippen molar-refractivity contribution in [2.24, 2.45) is 17.8 Å². The Balaban J connectivity index is 1.41. The Labute approximate surface area is 198 Å². The van der Waals surface area contributed by atoms with Gasteiger partial charge in [-0.15, -0.1) is 6.58 Å². The van der Waals surface area contributed by atoms with Crippen LogP contribution in [0.4, 0.5) is 8.78 Å². The van der Waals surface area contributed by atoms with Crippen LogP contribution in [-0.4, -0.2) is 0 Å². The lowest BCUT2D eigenvalue weighted by Gasteiger charge is -2.35. The Morgan fingerprint density at radius 3 is 2.27 bits per heavy atom. The standard InChI is InChI=1S/C31H38F2/c1-3-5-7-23-8-12-24(13-9-23)25-16-18-27(19-17-25)29-21-20-28(30(32)31(29)33)26-14-10-22(6-4-2)11-15-26/h3,10-11,14-16,18,20-21,23-25,27H,1,4-9,12-13,17,19H2,2H3. The van der Waals surface area contributed by atoms with Gasteiger partial charge in [0, 0.05) is 11.5 Å². The molecule has 0 heterocycles. The minimum Gasteiger partial charge on any atom is -0.203 e. The van der Waals surface area contributed by atoms with Crippen molar-refractivity contribution >= 4 is 0 Å². The van der Waals surface area contributed by atoms with Crippen LogP contribution in [0.1, 0.15) is 81.8 Å². The van der Waals surface area contributed by atoms with E-state index in [0.29, 0.717) is 17.0 Å². The van der Waals surface area contributed by atoms with E-state index < -0.39 is 11.6 Å². The maximum absolute atomic E-state index is 15.1. The Hall–Kier alpha value is -2.22. The van der Waals surface area contributed by atoms with E-state index in [0.717, 1.165) is 49.5 Å². The summed E-state index contributed by atoms with van der Waals surface area (Å²) in [6, 6.07) is 11.4. The zero-order valence-corrected chi connectivity index (χ0v) is 20.0. The molecule has 0 N–H and O–H groups in total. The monoisotopic (exact) mass is 448 g/mol. The van der Waals surface area contributed by atoms with Crippen molar-refractivity contribution in [1.82, 2.24) is 0 Å². The molecule has 4 rings (SSSR count). The van der Waals surface area contributed by atoms with Crippen molar-refractivity contribution in [1.29, 1.82) is 0 Å². The molecular weight excluding hydrogens is 410 g/mol. The van der Waals surface area contributed by atoms with Gasteiger partial charge in [0.25, 0.3) is 0 Å². The van der Waals surface area contributed by atoms with Crippen LogP contribution in [0.2, 0.25) is 0 Å². The summed E-state index contributed by atoms with van der Waals surface area (Å²) < 4.78 is 30.2. The van der Waals surface area contributed by atoms with Crippen molar-refractivity contribution in [3.63, 3.8) is 0 Å². The second-order valence-corrected chi connectivity index (χ2v) is 10.2. The minimum atomic E-state index is -0.718. The first-order valence-corrected chi connectivity index (χ1v) is 13.0. The van der Waals surface area contributed by atoms with Gasteiger partial charge in [-0.05, 0) is 79.4 Å². The molecule has 0 aromatic heterocycles. The molecule has 0 saturated heterocycles. The first-order valence-electron chi connectivity index (χ1n) is 13.0. The van der Waals surface area contributed by atoms with Gasteiger partial charge >= 0.3 is 0 Å². The number of allylic oxidation sites excluding steroid dienone is 3. The summed E-state index contributed by atoms with van der Waals surface area (Å²) in [6.45, 7) is 5.99. The van der Waals surface area contributed by atoms with Gasteiger partial charge in [-0.2, -0.15) is 0 Å². The number of benzene rings is 2. The number of halogens is 2. The quantitative estimate of drug-likeness (QED) is 0.353. The van der Waals surface area contributed by atoms with Crippen LogP contribution in [0.15, 0.2) is 61.2 Å². The van der Waals surface area contributed by atoms with E-state index in [1.807, 2.05) is 30.3 Å². The molecule has 1 fully saturated rings. The van der Waals surface area contributed by atoms with E-state index in [4.69, 9.17) is 0 Å². The highest BCUT2D eigenvalue weighted by Gasteiger charge is 2.29. The third kappa shape index (κ3) is 5.65. The van der Waals surface area contributed by atoms with E-state index in [-0.39, 0.29) is 5.92 Å². The molecule has 2 aromatic rings. The molecule has 2 atom stereocenters. The predicted octanol–water partition coefficient (Wildman–Crippen LogP) is 9.41. The van der Waals surface area contributed by atoms with Crippen molar-refractivity contribution in [2.75, 3.05) is 0 Å². The first kappa shape index (κ1) is 23.9. The molecule has 33 heavy (non-hydrogen) atoms. The molecule has 2 aliphatic rings. The largest absolute Gasteiger partial charge is 0.203 e. The maximum atomic E-state index is 15.1. The van der Waals surface area contributed by atoms with Gasteiger partial charge in [-0.3, -0.25) is 0 Å². The van der Waals surface area contributed by atoms with Gasteiger partial charge in [-0.25, -0.2) is 8.78 Å². The molecule has 2 unspecified atom stereocenters. The van der Waals surface area contributed by atoms with Gasteiger partial charge in [0.1, 0.15) is 0 Å². The second-order valence-electron chi connectivity index (χ2n) is 10.2. The average Bonchev–Trinajstić information content (AvgIpc) is 2.86. The Morgan fingerprint density at radius 1 is 0.879 bits per heavy atom. The maximum Gasteiger partial charge on any atom is 0.166 e. The van der Waals surface area contributed by atoms with E-state index in [2.05, 4.69) is 25.7 Å². The van der Waals surface area contributed by atoms with Crippen LogP contribution in [0.3, 0.4) is 0 Å². The zero-order chi connectivity index (χ0) is 23.2. The highest BCUT2D eigenvalue weighted by Crippen LogP contribution is 2.42. The normalized spacial score (nSPS) is 25.2. The molecule has 2 aliphatic carbocycles. The smallest absolute Gasteiger partial charge is 0.166 e. The van der Waals surface area contributed by atoms with E-state index in [9.17, 15) is 0 Å². The lowest BCUT2D eigenvalue weighted by Crippen LogP contribution is -2.23. The third-order valence-corrected chi connectivity index (χ3v) is 7.99. The molecular formula is C31H38F2. The third-order valence-electron chi connectivity index (χ3n) is 7.99. The molecule has 0 radical (unpaired) electrons. The molecule has 0 spiro atoms. The summed E-state index contributed by atoms with van der Waals surface area (Å²) in [5.74, 6) is 0.779. The number of aryl methyl sites for hydroxylation is 1. The SMILES string of the molecule is C=CCCC1CCC(C2C=CC(c3ccc(-c4ccc(CCC)cc4)c(F)c3F)CC2)CC1. The highest BCUT2D eigenvalue weighted by atomic mass is 19.2. The molecule has 176 valence electrons. The topological polar surface area (TPSA) is 0 Å². The van der Waals surface area contributed by atoms with Gasteiger partial charge in [0.2, 0.25) is 0 Å². The molecule has 0 aliphatic heterocycles. The lowest BCUT2D eigenvalue weighted by atomic mass is 9.70. The Kier molecular flexibility index (Phi) is 8.17. The minimum absolute atomic E-state index is 0.0272. The van der Waals surface area contributed by atoms with E-state index in [1.54, 1.807) is 12.1 Å². The van der Waals surface area contributed by atoms with Crippen molar-refractivity contribution in [2.45, 2.75) is 77.0 Å². The number of hydrogen-bond donors (Lipinski definition) is 0. The Morgan fingerprint density at radius 2 is 1.64 bits per heavy atom. The fourth-order valence-electron chi connectivity index (χ4n) is 5.97. The van der Waals surface area contributed by atoms with Crippen LogP contribution >= 0.6 is 0 Å². The predicted molar refractivity (Wildman–Crippen MR) is 135 cm³/mol. The molecule has 0 bridgehead atoms. The fourth-order valence-corrected chi connectivity index (χ4v) is 5.97. The molecule has 0 amide bonds. The van der Waals surface area contributed by atoms with Crippen molar-refractivity contribution in [3.05, 3.63) is 84.0 Å². The summed E-state index contributed by atoms with van der Waals surface area (Å²) in [6.07, 6.45) is 18.2. The van der Waals surface area contributed by atoms with Gasteiger partial charge < -0.3 is 0 Å². The van der Waals surface area contributed by atoms with Gasteiger partial charge in [0.15, 0.2) is 11.6 Å². The van der Waals surface area contributed by atoms with Gasteiger partial charge in [-0.1, -0.05) is 80.8 Å². The van der Waals surface area contributed by atoms with Crippen LogP contribution in [0.5, 0.6) is 0 Å². The van der Waals surface area contributed by atoms with Crippen LogP contribution in [0, 0.1) is 29.4 Å². The number of rotatable bonds is 8. The fraction of sp³-hybridized carbons (Fsp3) is 0.484. The summed E-state index contributed by atoms with van der Waals surface area (Å²) in [7, 11) is 0. The van der Waals surface area contributed by atoms with Crippen molar-refractivity contribution < 1.29 is 8.78 Å². The number of hydrogen-bond acceptors (Lipinski definition) is 0. The molecule has 1 saturated carbocycles. The van der Waals surface area contributed by atoms with E-state index in [1.165, 1.54) is 37.7 Å². The molecule has 2 aromatic carbocycles. The lowest BCUT2D eigenvalue weighted by molar-refractivity contribution is 0.210. The highest BCUT2D eigenvalue weighted by molar-refractivity contribution is 5.65. The second kappa shape index (κ2) is 11.3. The van der Waals surface area contributed by atoms with Crippen LogP contribution < -0.4 is 0 Å². The molecule has 0 nitrogen and oxygen atoms in total. The van der Waals surface area contributed by atoms with Crippen LogP contribution in [0.25, 0.3) is 11.1 Å².